The molecule has 2 fully saturated rings. The van der Waals surface area contributed by atoms with Gasteiger partial charge in [-0.25, -0.2) is 36.1 Å². The van der Waals surface area contributed by atoms with E-state index in [9.17, 15) is 14.4 Å². The molecule has 0 radical (unpaired) electrons. The summed E-state index contributed by atoms with van der Waals surface area (Å²) in [6, 6.07) is -1.73. The first-order chi connectivity index (χ1) is 16.2. The molecule has 0 aliphatic heterocycles. The monoisotopic (exact) mass is 480 g/mol. The fraction of sp³-hybridized carbons (Fsp3) is 0.857. The molecule has 192 valence electrons. The average molecular weight is 481 g/mol. The van der Waals surface area contributed by atoms with Gasteiger partial charge < -0.3 is 10.6 Å². The van der Waals surface area contributed by atoms with E-state index >= 15 is 0 Å². The second kappa shape index (κ2) is 13.0. The number of hydrogen-bond donors (Lipinski definition) is 6. The van der Waals surface area contributed by atoms with Gasteiger partial charge in [-0.1, -0.05) is 39.5 Å². The Kier molecular flexibility index (Phi) is 10.5. The van der Waals surface area contributed by atoms with Crippen molar-refractivity contribution in [1.82, 2.24) is 32.3 Å². The zero-order valence-corrected chi connectivity index (χ0v) is 20.7. The third-order valence-electron chi connectivity index (χ3n) is 6.25. The van der Waals surface area contributed by atoms with Crippen LogP contribution in [0.4, 0.5) is 14.4 Å². The van der Waals surface area contributed by atoms with Crippen molar-refractivity contribution in [2.45, 2.75) is 115 Å². The van der Waals surface area contributed by atoms with Crippen molar-refractivity contribution >= 4 is 18.1 Å². The van der Waals surface area contributed by atoms with E-state index in [1.54, 1.807) is 13.8 Å². The summed E-state index contributed by atoms with van der Waals surface area (Å²) in [6.45, 7) is 7.28. The van der Waals surface area contributed by atoms with E-state index in [4.69, 9.17) is 0 Å². The number of nitrogens with zero attached hydrogens (tertiary/aromatic N) is 4. The van der Waals surface area contributed by atoms with Crippen molar-refractivity contribution in [1.29, 1.82) is 0 Å². The lowest BCUT2D eigenvalue weighted by Crippen LogP contribution is -2.59. The van der Waals surface area contributed by atoms with Crippen LogP contribution in [0.5, 0.6) is 0 Å². The Labute approximate surface area is 201 Å². The molecule has 2 aliphatic carbocycles. The van der Waals surface area contributed by atoms with Crippen molar-refractivity contribution in [2.75, 3.05) is 0 Å². The third-order valence-corrected chi connectivity index (χ3v) is 6.25. The van der Waals surface area contributed by atoms with Gasteiger partial charge in [0.25, 0.3) is 0 Å². The lowest BCUT2D eigenvalue weighted by atomic mass is 10.1. The summed E-state index contributed by atoms with van der Waals surface area (Å²) in [5.41, 5.74) is 6.96. The normalized spacial score (nSPS) is 20.6. The van der Waals surface area contributed by atoms with E-state index in [1.807, 2.05) is 13.8 Å². The number of amides is 6. The zero-order valence-electron chi connectivity index (χ0n) is 20.7. The molecular weight excluding hydrogens is 440 g/mol. The molecule has 0 spiro atoms. The van der Waals surface area contributed by atoms with Gasteiger partial charge in [0.05, 0.1) is 12.1 Å². The Bertz CT molecular complexity index is 689. The maximum atomic E-state index is 12.2. The highest BCUT2D eigenvalue weighted by Gasteiger charge is 2.26. The number of urea groups is 3. The minimum atomic E-state index is -0.888. The number of carbonyl (C=O) groups is 3. The number of rotatable bonds is 8. The molecule has 2 aliphatic rings. The highest BCUT2D eigenvalue weighted by molar-refractivity contribution is 5.82. The first-order valence-electron chi connectivity index (χ1n) is 12.2. The predicted octanol–water partition coefficient (Wildman–Crippen LogP) is 3.76. The van der Waals surface area contributed by atoms with Crippen molar-refractivity contribution in [3.8, 4) is 0 Å². The lowest BCUT2D eigenvalue weighted by molar-refractivity contribution is 0.207. The predicted molar refractivity (Wildman–Crippen MR) is 127 cm³/mol. The highest BCUT2D eigenvalue weighted by Crippen LogP contribution is 2.24. The van der Waals surface area contributed by atoms with Gasteiger partial charge in [-0.05, 0) is 52.4 Å². The smallest absolute Gasteiger partial charge is 0.311 e. The van der Waals surface area contributed by atoms with Crippen molar-refractivity contribution in [2.24, 2.45) is 20.5 Å². The number of hydrazine groups is 2. The summed E-state index contributed by atoms with van der Waals surface area (Å²) >= 11 is 0. The van der Waals surface area contributed by atoms with E-state index in [1.165, 1.54) is 0 Å². The van der Waals surface area contributed by atoms with E-state index in [0.717, 1.165) is 51.4 Å². The van der Waals surface area contributed by atoms with Gasteiger partial charge in [0.15, 0.2) is 11.3 Å². The highest BCUT2D eigenvalue weighted by atomic mass is 16.2. The van der Waals surface area contributed by atoms with Crippen LogP contribution in [-0.2, 0) is 0 Å². The first kappa shape index (κ1) is 27.3. The van der Waals surface area contributed by atoms with Crippen molar-refractivity contribution in [3.05, 3.63) is 0 Å². The molecule has 13 heteroatoms. The Morgan fingerprint density at radius 1 is 0.647 bits per heavy atom. The molecule has 0 aromatic carbocycles. The standard InChI is InChI=1S/C21H40N10O3/c1-5-20(3,30-24-15-11-7-8-12-15)22-17(32)26-28-19(34)29-27-18(33)23-21(4,6-2)31-25-16-13-9-10-14-16/h15-16H,5-14H2,1-4H3,(H2,22,26,32)(H2,23,27,33)(H2,28,29,34)/b30-24+,31-25+. The zero-order chi connectivity index (χ0) is 25.0. The Balaban J connectivity index is 1.70. The molecule has 34 heavy (non-hydrogen) atoms. The fourth-order valence-corrected chi connectivity index (χ4v) is 3.64. The van der Waals surface area contributed by atoms with Crippen LogP contribution in [0.25, 0.3) is 0 Å². The lowest BCUT2D eigenvalue weighted by Gasteiger charge is -2.25. The Morgan fingerprint density at radius 2 is 0.971 bits per heavy atom. The fourth-order valence-electron chi connectivity index (χ4n) is 3.64. The molecule has 6 amide bonds. The maximum absolute atomic E-state index is 12.2. The van der Waals surface area contributed by atoms with Crippen LogP contribution in [-0.4, -0.2) is 41.5 Å². The molecule has 0 saturated heterocycles. The number of carbonyl (C=O) groups excluding carboxylic acids is 3. The van der Waals surface area contributed by atoms with Gasteiger partial charge in [-0.15, -0.1) is 0 Å². The maximum Gasteiger partial charge on any atom is 0.352 e. The third kappa shape index (κ3) is 9.48. The summed E-state index contributed by atoms with van der Waals surface area (Å²) in [4.78, 5) is 36.3. The van der Waals surface area contributed by atoms with Gasteiger partial charge in [0, 0.05) is 0 Å². The molecule has 2 unspecified atom stereocenters. The van der Waals surface area contributed by atoms with Crippen LogP contribution in [0.2, 0.25) is 0 Å². The van der Waals surface area contributed by atoms with Crippen molar-refractivity contribution in [3.63, 3.8) is 0 Å². The largest absolute Gasteiger partial charge is 0.352 e. The summed E-state index contributed by atoms with van der Waals surface area (Å²) in [5, 5.41) is 22.7. The van der Waals surface area contributed by atoms with Crippen LogP contribution in [0.1, 0.15) is 91.9 Å². The average Bonchev–Trinajstić information content (AvgIpc) is 3.53. The second-order valence-corrected chi connectivity index (χ2v) is 9.30. The van der Waals surface area contributed by atoms with E-state index in [0.29, 0.717) is 12.8 Å². The Hall–Kier alpha value is -2.99. The van der Waals surface area contributed by atoms with Crippen LogP contribution in [0, 0.1) is 0 Å². The molecule has 0 aromatic rings. The topological polar surface area (TPSA) is 173 Å². The van der Waals surface area contributed by atoms with Crippen molar-refractivity contribution < 1.29 is 14.4 Å². The minimum absolute atomic E-state index is 0.204. The second-order valence-electron chi connectivity index (χ2n) is 9.30. The number of hydrogen-bond acceptors (Lipinski definition) is 7. The van der Waals surface area contributed by atoms with E-state index in [2.05, 4.69) is 52.8 Å². The first-order valence-corrected chi connectivity index (χ1v) is 12.2. The van der Waals surface area contributed by atoms with Gasteiger partial charge >= 0.3 is 18.1 Å². The molecule has 0 bridgehead atoms. The quantitative estimate of drug-likeness (QED) is 0.230. The molecule has 13 nitrogen and oxygen atoms in total. The molecular formula is C21H40N10O3. The number of nitrogens with one attached hydrogen (secondary N) is 6. The summed E-state index contributed by atoms with van der Waals surface area (Å²) < 4.78 is 0. The van der Waals surface area contributed by atoms with Crippen LogP contribution < -0.4 is 32.3 Å². The molecule has 2 saturated carbocycles. The molecule has 2 rings (SSSR count). The van der Waals surface area contributed by atoms with Crippen LogP contribution in [0.15, 0.2) is 20.5 Å². The van der Waals surface area contributed by atoms with Crippen LogP contribution in [0.3, 0.4) is 0 Å². The molecule has 6 N–H and O–H groups in total. The molecule has 0 aromatic heterocycles. The van der Waals surface area contributed by atoms with Gasteiger partial charge in [0.1, 0.15) is 0 Å². The molecule has 0 heterocycles. The van der Waals surface area contributed by atoms with Gasteiger partial charge in [-0.2, -0.15) is 20.5 Å². The van der Waals surface area contributed by atoms with E-state index < -0.39 is 29.4 Å². The minimum Gasteiger partial charge on any atom is -0.311 e. The SMILES string of the molecule is CCC(C)(/N=N/C1CCCC1)NC(=O)NNC(=O)NNC(=O)NC(C)(CC)/N=N/C1CCCC1. The van der Waals surface area contributed by atoms with Gasteiger partial charge in [-0.3, -0.25) is 0 Å². The Morgan fingerprint density at radius 3 is 1.29 bits per heavy atom. The summed E-state index contributed by atoms with van der Waals surface area (Å²) in [6.07, 6.45) is 9.69. The summed E-state index contributed by atoms with van der Waals surface area (Å²) in [5.74, 6) is 0. The van der Waals surface area contributed by atoms with Gasteiger partial charge in [0.2, 0.25) is 0 Å². The summed E-state index contributed by atoms with van der Waals surface area (Å²) in [7, 11) is 0. The molecule has 2 atom stereocenters. The number of azo groups is 2. The van der Waals surface area contributed by atoms with E-state index in [-0.39, 0.29) is 12.1 Å². The van der Waals surface area contributed by atoms with Crippen LogP contribution >= 0.6 is 0 Å².